The summed E-state index contributed by atoms with van der Waals surface area (Å²) in [5.74, 6) is -0.0850. The number of hydrogen-bond acceptors (Lipinski definition) is 2. The lowest BCUT2D eigenvalue weighted by Gasteiger charge is -2.10. The van der Waals surface area contributed by atoms with Crippen LogP contribution in [0.2, 0.25) is 0 Å². The van der Waals surface area contributed by atoms with Gasteiger partial charge in [0.1, 0.15) is 5.75 Å². The molecule has 0 atom stereocenters. The van der Waals surface area contributed by atoms with E-state index in [9.17, 15) is 13.6 Å². The highest BCUT2D eigenvalue weighted by Gasteiger charge is 2.19. The van der Waals surface area contributed by atoms with Crippen molar-refractivity contribution >= 4 is 15.9 Å². The molecule has 3 nitrogen and oxygen atoms in total. The first-order valence-corrected chi connectivity index (χ1v) is 4.86. The summed E-state index contributed by atoms with van der Waals surface area (Å²) in [6.07, 6.45) is -2.67. The number of alkyl halides is 3. The fourth-order valence-corrected chi connectivity index (χ4v) is 1.55. The van der Waals surface area contributed by atoms with Gasteiger partial charge in [-0.25, -0.2) is 8.78 Å². The van der Waals surface area contributed by atoms with Gasteiger partial charge in [0.15, 0.2) is 0 Å². The van der Waals surface area contributed by atoms with Gasteiger partial charge in [-0.3, -0.25) is 4.79 Å². The first kappa shape index (κ1) is 11.2. The van der Waals surface area contributed by atoms with Gasteiger partial charge in [-0.05, 0) is 0 Å². The molecule has 0 radical (unpaired) electrons. The summed E-state index contributed by atoms with van der Waals surface area (Å²) in [5, 5.41) is 0.152. The Morgan fingerprint density at radius 2 is 2.29 bits per heavy atom. The van der Waals surface area contributed by atoms with Crippen LogP contribution in [-0.2, 0) is 5.33 Å². The molecule has 0 aromatic carbocycles. The zero-order chi connectivity index (χ0) is 10.7. The van der Waals surface area contributed by atoms with Crippen LogP contribution in [0.1, 0.15) is 17.7 Å². The van der Waals surface area contributed by atoms with E-state index in [0.29, 0.717) is 0 Å². The highest BCUT2D eigenvalue weighted by atomic mass is 79.9. The third kappa shape index (κ3) is 2.12. The second-order valence-electron chi connectivity index (χ2n) is 2.53. The Bertz CT molecular complexity index is 350. The van der Waals surface area contributed by atoms with Crippen molar-refractivity contribution in [2.45, 2.75) is 11.8 Å². The van der Waals surface area contributed by atoms with Gasteiger partial charge in [-0.15, -0.1) is 0 Å². The molecule has 6 heteroatoms. The van der Waals surface area contributed by atoms with Crippen LogP contribution in [0.5, 0.6) is 5.75 Å². The average Bonchev–Trinajstić information content (AvgIpc) is 2.15. The van der Waals surface area contributed by atoms with Crippen molar-refractivity contribution in [3.05, 3.63) is 27.7 Å². The SMILES string of the molecule is COc1cc(=O)[nH]c(CBr)c1C(F)F. The van der Waals surface area contributed by atoms with Crippen LogP contribution < -0.4 is 10.3 Å². The molecule has 0 aliphatic heterocycles. The van der Waals surface area contributed by atoms with E-state index in [1.807, 2.05) is 0 Å². The summed E-state index contributed by atoms with van der Waals surface area (Å²) in [5.41, 5.74) is -0.589. The van der Waals surface area contributed by atoms with Crippen molar-refractivity contribution in [3.63, 3.8) is 0 Å². The minimum absolute atomic E-state index is 0.0850. The van der Waals surface area contributed by atoms with Crippen LogP contribution >= 0.6 is 15.9 Å². The van der Waals surface area contributed by atoms with E-state index >= 15 is 0 Å². The van der Waals surface area contributed by atoms with Gasteiger partial charge < -0.3 is 9.72 Å². The number of halogens is 3. The van der Waals surface area contributed by atoms with E-state index in [2.05, 4.69) is 20.9 Å². The third-order valence-corrected chi connectivity index (χ3v) is 2.26. The van der Waals surface area contributed by atoms with Gasteiger partial charge in [-0.1, -0.05) is 15.9 Å². The number of hydrogen-bond donors (Lipinski definition) is 1. The van der Waals surface area contributed by atoms with Crippen LogP contribution in [0.3, 0.4) is 0 Å². The average molecular weight is 268 g/mol. The first-order valence-electron chi connectivity index (χ1n) is 3.74. The summed E-state index contributed by atoms with van der Waals surface area (Å²) < 4.78 is 29.9. The van der Waals surface area contributed by atoms with Crippen LogP contribution in [-0.4, -0.2) is 12.1 Å². The molecule has 0 saturated heterocycles. The molecule has 0 fully saturated rings. The van der Waals surface area contributed by atoms with Crippen LogP contribution in [0.15, 0.2) is 10.9 Å². The number of ether oxygens (including phenoxy) is 1. The van der Waals surface area contributed by atoms with Gasteiger partial charge in [0.05, 0.1) is 12.7 Å². The summed E-state index contributed by atoms with van der Waals surface area (Å²) in [6.45, 7) is 0. The molecule has 0 unspecified atom stereocenters. The molecule has 1 rings (SSSR count). The normalized spacial score (nSPS) is 10.6. The number of H-pyrrole nitrogens is 1. The minimum atomic E-state index is -2.67. The molecule has 0 amide bonds. The van der Waals surface area contributed by atoms with Gasteiger partial charge in [0.25, 0.3) is 12.0 Å². The van der Waals surface area contributed by atoms with Gasteiger partial charge in [-0.2, -0.15) is 0 Å². The monoisotopic (exact) mass is 267 g/mol. The van der Waals surface area contributed by atoms with Crippen LogP contribution in [0.25, 0.3) is 0 Å². The van der Waals surface area contributed by atoms with E-state index in [1.54, 1.807) is 0 Å². The third-order valence-electron chi connectivity index (χ3n) is 1.70. The molecular formula is C8H8BrF2NO2. The molecule has 1 aromatic rings. The predicted octanol–water partition coefficient (Wildman–Crippen LogP) is 2.22. The molecule has 0 aliphatic rings. The maximum Gasteiger partial charge on any atom is 0.269 e. The fraction of sp³-hybridized carbons (Fsp3) is 0.375. The topological polar surface area (TPSA) is 42.1 Å². The summed E-state index contributed by atoms with van der Waals surface area (Å²) in [7, 11) is 1.25. The van der Waals surface area contributed by atoms with Crippen LogP contribution in [0.4, 0.5) is 8.78 Å². The zero-order valence-electron chi connectivity index (χ0n) is 7.31. The summed E-state index contributed by atoms with van der Waals surface area (Å²) in [6, 6.07) is 1.01. The Hall–Kier alpha value is -0.910. The van der Waals surface area contributed by atoms with E-state index in [1.165, 1.54) is 7.11 Å². The minimum Gasteiger partial charge on any atom is -0.496 e. The number of nitrogens with one attached hydrogen (secondary N) is 1. The van der Waals surface area contributed by atoms with Crippen molar-refractivity contribution in [2.24, 2.45) is 0 Å². The highest BCUT2D eigenvalue weighted by Crippen LogP contribution is 2.30. The molecule has 1 N–H and O–H groups in total. The smallest absolute Gasteiger partial charge is 0.269 e. The van der Waals surface area contributed by atoms with Crippen molar-refractivity contribution in [3.8, 4) is 5.75 Å². The zero-order valence-corrected chi connectivity index (χ0v) is 8.90. The van der Waals surface area contributed by atoms with Crippen molar-refractivity contribution < 1.29 is 13.5 Å². The number of rotatable bonds is 3. The molecule has 0 spiro atoms. The molecule has 14 heavy (non-hydrogen) atoms. The number of aromatic amines is 1. The predicted molar refractivity (Wildman–Crippen MR) is 51.2 cm³/mol. The lowest BCUT2D eigenvalue weighted by Crippen LogP contribution is -2.11. The maximum absolute atomic E-state index is 12.6. The van der Waals surface area contributed by atoms with Crippen molar-refractivity contribution in [1.29, 1.82) is 0 Å². The maximum atomic E-state index is 12.6. The summed E-state index contributed by atoms with van der Waals surface area (Å²) in [4.78, 5) is 13.3. The molecule has 0 saturated carbocycles. The van der Waals surface area contributed by atoms with E-state index in [4.69, 9.17) is 4.74 Å². The quantitative estimate of drug-likeness (QED) is 0.854. The number of pyridine rings is 1. The first-order chi connectivity index (χ1) is 6.60. The Kier molecular flexibility index (Phi) is 3.62. The second-order valence-corrected chi connectivity index (χ2v) is 3.09. The van der Waals surface area contributed by atoms with Gasteiger partial charge in [0.2, 0.25) is 0 Å². The molecule has 1 heterocycles. The number of methoxy groups -OCH3 is 1. The van der Waals surface area contributed by atoms with Gasteiger partial charge >= 0.3 is 0 Å². The largest absolute Gasteiger partial charge is 0.496 e. The van der Waals surface area contributed by atoms with Crippen LogP contribution in [0, 0.1) is 0 Å². The Morgan fingerprint density at radius 1 is 1.64 bits per heavy atom. The standard InChI is InChI=1S/C8H8BrF2NO2/c1-14-5-2-6(13)12-4(3-9)7(5)8(10)11/h2,8H,3H2,1H3,(H,12,13). The second kappa shape index (κ2) is 4.54. The molecule has 1 aromatic heterocycles. The van der Waals surface area contributed by atoms with E-state index in [0.717, 1.165) is 6.07 Å². The highest BCUT2D eigenvalue weighted by molar-refractivity contribution is 9.08. The van der Waals surface area contributed by atoms with E-state index in [-0.39, 0.29) is 22.3 Å². The summed E-state index contributed by atoms with van der Waals surface area (Å²) >= 11 is 3.02. The van der Waals surface area contributed by atoms with E-state index < -0.39 is 12.0 Å². The fourth-order valence-electron chi connectivity index (χ4n) is 1.11. The van der Waals surface area contributed by atoms with Crippen molar-refractivity contribution in [1.82, 2.24) is 4.98 Å². The molecule has 0 aliphatic carbocycles. The molecule has 0 bridgehead atoms. The van der Waals surface area contributed by atoms with Gasteiger partial charge in [0, 0.05) is 17.1 Å². The molecule has 78 valence electrons. The Labute approximate surface area is 87.2 Å². The lowest BCUT2D eigenvalue weighted by atomic mass is 10.2. The lowest BCUT2D eigenvalue weighted by molar-refractivity contribution is 0.145. The van der Waals surface area contributed by atoms with Crippen molar-refractivity contribution in [2.75, 3.05) is 7.11 Å². The Balaban J connectivity index is 3.40. The number of aromatic nitrogens is 1. The Morgan fingerprint density at radius 3 is 2.71 bits per heavy atom. The molecular weight excluding hydrogens is 260 g/mol.